The SMILES string of the molecule is CCOc1ccc(C2(CNC)CC(C(C)(C)C)C2)cc1. The van der Waals surface area contributed by atoms with Gasteiger partial charge in [0.05, 0.1) is 6.61 Å². The van der Waals surface area contributed by atoms with E-state index in [9.17, 15) is 0 Å². The molecule has 0 unspecified atom stereocenters. The molecular formula is C18H29NO. The number of hydrogen-bond donors (Lipinski definition) is 1. The van der Waals surface area contributed by atoms with Crippen molar-refractivity contribution in [2.75, 3.05) is 20.2 Å². The molecule has 0 amide bonds. The number of benzene rings is 1. The Morgan fingerprint density at radius 3 is 2.25 bits per heavy atom. The molecule has 0 bridgehead atoms. The normalized spacial score (nSPS) is 26.1. The van der Waals surface area contributed by atoms with Crippen LogP contribution < -0.4 is 10.1 Å². The lowest BCUT2D eigenvalue weighted by atomic mass is 9.52. The molecular weight excluding hydrogens is 246 g/mol. The molecule has 1 fully saturated rings. The van der Waals surface area contributed by atoms with Crippen LogP contribution in [0.15, 0.2) is 24.3 Å². The van der Waals surface area contributed by atoms with Crippen LogP contribution in [0.2, 0.25) is 0 Å². The summed E-state index contributed by atoms with van der Waals surface area (Å²) in [5.41, 5.74) is 2.19. The Labute approximate surface area is 123 Å². The average Bonchev–Trinajstić information content (AvgIpc) is 2.33. The van der Waals surface area contributed by atoms with E-state index in [1.54, 1.807) is 0 Å². The van der Waals surface area contributed by atoms with E-state index in [1.807, 2.05) is 6.92 Å². The molecule has 1 aromatic carbocycles. The van der Waals surface area contributed by atoms with E-state index in [2.05, 4.69) is 57.4 Å². The van der Waals surface area contributed by atoms with Crippen LogP contribution in [0.25, 0.3) is 0 Å². The van der Waals surface area contributed by atoms with Gasteiger partial charge in [0, 0.05) is 12.0 Å². The fraction of sp³-hybridized carbons (Fsp3) is 0.667. The number of ether oxygens (including phenoxy) is 1. The molecule has 0 aromatic heterocycles. The van der Waals surface area contributed by atoms with Crippen molar-refractivity contribution in [3.63, 3.8) is 0 Å². The highest BCUT2D eigenvalue weighted by Crippen LogP contribution is 2.54. The molecule has 2 rings (SSSR count). The molecule has 2 nitrogen and oxygen atoms in total. The first-order chi connectivity index (χ1) is 9.41. The highest BCUT2D eigenvalue weighted by Gasteiger charge is 2.48. The fourth-order valence-corrected chi connectivity index (χ4v) is 3.39. The van der Waals surface area contributed by atoms with Crippen molar-refractivity contribution in [1.82, 2.24) is 5.32 Å². The van der Waals surface area contributed by atoms with E-state index < -0.39 is 0 Å². The molecule has 1 saturated carbocycles. The molecule has 0 atom stereocenters. The van der Waals surface area contributed by atoms with Crippen molar-refractivity contribution in [2.45, 2.75) is 46.0 Å². The number of likely N-dealkylation sites (N-methyl/N-ethyl adjacent to an activating group) is 1. The predicted molar refractivity (Wildman–Crippen MR) is 85.4 cm³/mol. The molecule has 0 saturated heterocycles. The Morgan fingerprint density at radius 1 is 1.20 bits per heavy atom. The summed E-state index contributed by atoms with van der Waals surface area (Å²) in [6.45, 7) is 10.9. The summed E-state index contributed by atoms with van der Waals surface area (Å²) in [6.07, 6.45) is 2.57. The van der Waals surface area contributed by atoms with Crippen molar-refractivity contribution in [3.8, 4) is 5.75 Å². The van der Waals surface area contributed by atoms with Crippen molar-refractivity contribution in [2.24, 2.45) is 11.3 Å². The molecule has 1 aliphatic rings. The fourth-order valence-electron chi connectivity index (χ4n) is 3.39. The van der Waals surface area contributed by atoms with E-state index in [1.165, 1.54) is 18.4 Å². The topological polar surface area (TPSA) is 21.3 Å². The summed E-state index contributed by atoms with van der Waals surface area (Å²) in [6, 6.07) is 8.73. The van der Waals surface area contributed by atoms with Crippen molar-refractivity contribution < 1.29 is 4.74 Å². The third kappa shape index (κ3) is 3.01. The Kier molecular flexibility index (Phi) is 4.43. The summed E-state index contributed by atoms with van der Waals surface area (Å²) in [5, 5.41) is 3.39. The number of nitrogens with one attached hydrogen (secondary N) is 1. The minimum Gasteiger partial charge on any atom is -0.494 e. The zero-order valence-corrected chi connectivity index (χ0v) is 13.6. The summed E-state index contributed by atoms with van der Waals surface area (Å²) in [4.78, 5) is 0. The minimum atomic E-state index is 0.317. The van der Waals surface area contributed by atoms with E-state index >= 15 is 0 Å². The molecule has 0 heterocycles. The van der Waals surface area contributed by atoms with Gasteiger partial charge in [-0.3, -0.25) is 0 Å². The highest BCUT2D eigenvalue weighted by molar-refractivity contribution is 5.35. The minimum absolute atomic E-state index is 0.317. The van der Waals surface area contributed by atoms with Gasteiger partial charge in [-0.15, -0.1) is 0 Å². The van der Waals surface area contributed by atoms with E-state index in [-0.39, 0.29) is 0 Å². The van der Waals surface area contributed by atoms with Crippen LogP contribution in [-0.4, -0.2) is 20.2 Å². The Hall–Kier alpha value is -1.02. The third-order valence-corrected chi connectivity index (χ3v) is 4.79. The largest absolute Gasteiger partial charge is 0.494 e. The zero-order chi connectivity index (χ0) is 14.8. The molecule has 1 aliphatic carbocycles. The van der Waals surface area contributed by atoms with Gasteiger partial charge in [-0.2, -0.15) is 0 Å². The second-order valence-electron chi connectivity index (χ2n) is 7.24. The zero-order valence-electron chi connectivity index (χ0n) is 13.6. The summed E-state index contributed by atoms with van der Waals surface area (Å²) in [7, 11) is 2.06. The first-order valence-corrected chi connectivity index (χ1v) is 7.79. The van der Waals surface area contributed by atoms with Gasteiger partial charge in [0.1, 0.15) is 5.75 Å². The lowest BCUT2D eigenvalue weighted by molar-refractivity contribution is 0.0460. The number of rotatable bonds is 5. The predicted octanol–water partition coefficient (Wildman–Crippen LogP) is 4.00. The molecule has 1 aromatic rings. The molecule has 0 radical (unpaired) electrons. The van der Waals surface area contributed by atoms with E-state index in [0.29, 0.717) is 10.8 Å². The Balaban J connectivity index is 2.14. The van der Waals surface area contributed by atoms with Crippen LogP contribution in [-0.2, 0) is 5.41 Å². The average molecular weight is 275 g/mol. The van der Waals surface area contributed by atoms with Crippen molar-refractivity contribution in [3.05, 3.63) is 29.8 Å². The summed E-state index contributed by atoms with van der Waals surface area (Å²) in [5.74, 6) is 1.80. The van der Waals surface area contributed by atoms with Crippen LogP contribution in [0.4, 0.5) is 0 Å². The van der Waals surface area contributed by atoms with Gasteiger partial charge in [0.15, 0.2) is 0 Å². The van der Waals surface area contributed by atoms with Crippen LogP contribution in [0.1, 0.15) is 46.1 Å². The maximum atomic E-state index is 5.54. The van der Waals surface area contributed by atoms with Crippen molar-refractivity contribution >= 4 is 0 Å². The monoisotopic (exact) mass is 275 g/mol. The molecule has 2 heteroatoms. The van der Waals surface area contributed by atoms with Gasteiger partial charge in [-0.1, -0.05) is 32.9 Å². The lowest BCUT2D eigenvalue weighted by Gasteiger charge is -2.53. The molecule has 0 aliphatic heterocycles. The lowest BCUT2D eigenvalue weighted by Crippen LogP contribution is -2.51. The van der Waals surface area contributed by atoms with E-state index in [4.69, 9.17) is 4.74 Å². The maximum Gasteiger partial charge on any atom is 0.119 e. The molecule has 20 heavy (non-hydrogen) atoms. The van der Waals surface area contributed by atoms with Gasteiger partial charge in [0.25, 0.3) is 0 Å². The molecule has 112 valence electrons. The summed E-state index contributed by atoms with van der Waals surface area (Å²) < 4.78 is 5.54. The quantitative estimate of drug-likeness (QED) is 0.877. The van der Waals surface area contributed by atoms with Gasteiger partial charge in [-0.05, 0) is 55.8 Å². The van der Waals surface area contributed by atoms with Crippen LogP contribution in [0.3, 0.4) is 0 Å². The van der Waals surface area contributed by atoms with Crippen LogP contribution in [0.5, 0.6) is 5.75 Å². The first kappa shape index (κ1) is 15.4. The maximum absolute atomic E-state index is 5.54. The third-order valence-electron chi connectivity index (χ3n) is 4.79. The van der Waals surface area contributed by atoms with E-state index in [0.717, 1.165) is 24.8 Å². The Morgan fingerprint density at radius 2 is 1.80 bits per heavy atom. The van der Waals surface area contributed by atoms with Gasteiger partial charge >= 0.3 is 0 Å². The highest BCUT2D eigenvalue weighted by atomic mass is 16.5. The van der Waals surface area contributed by atoms with Gasteiger partial charge < -0.3 is 10.1 Å². The second kappa shape index (κ2) is 5.77. The van der Waals surface area contributed by atoms with Crippen LogP contribution in [0, 0.1) is 11.3 Å². The smallest absolute Gasteiger partial charge is 0.119 e. The standard InChI is InChI=1S/C18H29NO/c1-6-20-16-9-7-14(8-10-16)18(13-19-5)11-15(12-18)17(2,3)4/h7-10,15,19H,6,11-13H2,1-5H3. The second-order valence-corrected chi connectivity index (χ2v) is 7.24. The molecule has 0 spiro atoms. The summed E-state index contributed by atoms with van der Waals surface area (Å²) >= 11 is 0. The first-order valence-electron chi connectivity index (χ1n) is 7.79. The van der Waals surface area contributed by atoms with Crippen molar-refractivity contribution in [1.29, 1.82) is 0 Å². The van der Waals surface area contributed by atoms with Gasteiger partial charge in [-0.25, -0.2) is 0 Å². The molecule has 1 N–H and O–H groups in total. The van der Waals surface area contributed by atoms with Gasteiger partial charge in [0.2, 0.25) is 0 Å². The van der Waals surface area contributed by atoms with Crippen LogP contribution >= 0.6 is 0 Å². The number of hydrogen-bond acceptors (Lipinski definition) is 2. The Bertz CT molecular complexity index is 424.